The van der Waals surface area contributed by atoms with Crippen LogP contribution in [0.2, 0.25) is 0 Å². The van der Waals surface area contributed by atoms with Crippen LogP contribution in [0.5, 0.6) is 0 Å². The number of esters is 2. The third-order valence-corrected chi connectivity index (χ3v) is 9.11. The second-order valence-corrected chi connectivity index (χ2v) is 12.0. The zero-order chi connectivity index (χ0) is 31.3. The molecule has 6 rings (SSSR count). The van der Waals surface area contributed by atoms with Crippen LogP contribution in [0.3, 0.4) is 0 Å². The normalized spacial score (nSPS) is 18.0. The molecule has 4 aromatic rings. The minimum atomic E-state index is -0.844. The molecule has 4 aromatic carbocycles. The summed E-state index contributed by atoms with van der Waals surface area (Å²) in [6, 6.07) is 27.8. The van der Waals surface area contributed by atoms with Crippen molar-refractivity contribution in [2.24, 2.45) is 5.92 Å². The standard InChI is InChI=1S/C39H36O6/c1-2-8-25-13-15-26(16-14-25)27-17-19-29(20-18-27)39(43)45-35(28-9-4-3-5-10-28)24-44-38(42)30-21-22-33-34(23-30)37(41)32-12-7-6-11-31(32)36(33)40/h3-7,9-12,17-23,25-26,35H,2,8,13-16,24H2,1H3. The van der Waals surface area contributed by atoms with E-state index in [1.165, 1.54) is 62.3 Å². The molecule has 0 spiro atoms. The molecule has 0 saturated heterocycles. The topological polar surface area (TPSA) is 86.7 Å². The lowest BCUT2D eigenvalue weighted by Crippen LogP contribution is -2.22. The van der Waals surface area contributed by atoms with Gasteiger partial charge in [0.2, 0.25) is 0 Å². The summed E-state index contributed by atoms with van der Waals surface area (Å²) in [4.78, 5) is 52.4. The second kappa shape index (κ2) is 13.4. The Morgan fingerprint density at radius 1 is 0.689 bits per heavy atom. The number of benzene rings is 4. The SMILES string of the molecule is CCCC1CCC(c2ccc(C(=O)OC(COC(=O)c3ccc4c(c3)C(=O)c3ccccc3C4=O)c3ccccc3)cc2)CC1. The van der Waals surface area contributed by atoms with Gasteiger partial charge in [0.05, 0.1) is 11.1 Å². The Balaban J connectivity index is 1.13. The summed E-state index contributed by atoms with van der Waals surface area (Å²) in [7, 11) is 0. The molecule has 1 fully saturated rings. The Morgan fingerprint density at radius 2 is 1.29 bits per heavy atom. The van der Waals surface area contributed by atoms with Crippen molar-refractivity contribution in [1.29, 1.82) is 0 Å². The first-order chi connectivity index (χ1) is 21.9. The van der Waals surface area contributed by atoms with Crippen molar-refractivity contribution in [2.45, 2.75) is 57.5 Å². The fraction of sp³-hybridized carbons (Fsp3) is 0.282. The lowest BCUT2D eigenvalue weighted by molar-refractivity contribution is -0.00134. The van der Waals surface area contributed by atoms with Crippen LogP contribution in [-0.4, -0.2) is 30.1 Å². The van der Waals surface area contributed by atoms with Gasteiger partial charge >= 0.3 is 11.9 Å². The minimum absolute atomic E-state index is 0.131. The predicted molar refractivity (Wildman–Crippen MR) is 171 cm³/mol. The van der Waals surface area contributed by atoms with Crippen LogP contribution in [0.4, 0.5) is 0 Å². The number of rotatable bonds is 9. The Morgan fingerprint density at radius 3 is 1.96 bits per heavy atom. The quantitative estimate of drug-likeness (QED) is 0.158. The fourth-order valence-corrected chi connectivity index (χ4v) is 6.61. The van der Waals surface area contributed by atoms with Crippen LogP contribution in [0.15, 0.2) is 97.1 Å². The van der Waals surface area contributed by atoms with Gasteiger partial charge < -0.3 is 9.47 Å². The number of ether oxygens (including phenoxy) is 2. The highest BCUT2D eigenvalue weighted by atomic mass is 16.6. The van der Waals surface area contributed by atoms with Crippen LogP contribution in [0, 0.1) is 5.92 Å². The van der Waals surface area contributed by atoms with Crippen molar-refractivity contribution >= 4 is 23.5 Å². The highest BCUT2D eigenvalue weighted by Crippen LogP contribution is 2.37. The molecule has 0 amide bonds. The third-order valence-electron chi connectivity index (χ3n) is 9.11. The average Bonchev–Trinajstić information content (AvgIpc) is 3.09. The van der Waals surface area contributed by atoms with E-state index in [0.717, 1.165) is 5.92 Å². The maximum Gasteiger partial charge on any atom is 0.338 e. The summed E-state index contributed by atoms with van der Waals surface area (Å²) in [5, 5.41) is 0. The molecule has 1 atom stereocenters. The Labute approximate surface area is 263 Å². The van der Waals surface area contributed by atoms with E-state index in [2.05, 4.69) is 6.92 Å². The molecule has 0 heterocycles. The van der Waals surface area contributed by atoms with Crippen LogP contribution in [-0.2, 0) is 9.47 Å². The maximum atomic E-state index is 13.2. The van der Waals surface area contributed by atoms with E-state index in [1.807, 2.05) is 54.6 Å². The van der Waals surface area contributed by atoms with Gasteiger partial charge in [-0.15, -0.1) is 0 Å². The van der Waals surface area contributed by atoms with Crippen LogP contribution >= 0.6 is 0 Å². The average molecular weight is 601 g/mol. The molecule has 0 N–H and O–H groups in total. The Bertz CT molecular complexity index is 1710. The summed E-state index contributed by atoms with van der Waals surface area (Å²) in [5.74, 6) is -0.418. The van der Waals surface area contributed by atoms with Gasteiger partial charge in [0.25, 0.3) is 0 Å². The van der Waals surface area contributed by atoms with Crippen molar-refractivity contribution in [3.63, 3.8) is 0 Å². The molecule has 0 bridgehead atoms. The zero-order valence-electron chi connectivity index (χ0n) is 25.4. The van der Waals surface area contributed by atoms with Gasteiger partial charge in [-0.1, -0.05) is 86.5 Å². The molecule has 0 aromatic heterocycles. The summed E-state index contributed by atoms with van der Waals surface area (Å²) in [6.45, 7) is 2.03. The Kier molecular flexibility index (Phi) is 9.01. The molecule has 6 nitrogen and oxygen atoms in total. The maximum absolute atomic E-state index is 13.2. The van der Waals surface area contributed by atoms with E-state index in [-0.39, 0.29) is 34.9 Å². The van der Waals surface area contributed by atoms with Gasteiger partial charge in [-0.2, -0.15) is 0 Å². The van der Waals surface area contributed by atoms with Crippen molar-refractivity contribution in [1.82, 2.24) is 0 Å². The summed E-state index contributed by atoms with van der Waals surface area (Å²) in [5.41, 5.74) is 3.57. The van der Waals surface area contributed by atoms with E-state index in [4.69, 9.17) is 9.47 Å². The van der Waals surface area contributed by atoms with E-state index in [9.17, 15) is 19.2 Å². The molecule has 2 aliphatic carbocycles. The highest BCUT2D eigenvalue weighted by molar-refractivity contribution is 6.28. The predicted octanol–water partition coefficient (Wildman–Crippen LogP) is 8.29. The fourth-order valence-electron chi connectivity index (χ4n) is 6.61. The van der Waals surface area contributed by atoms with Crippen LogP contribution in [0.1, 0.15) is 121 Å². The zero-order valence-corrected chi connectivity index (χ0v) is 25.4. The van der Waals surface area contributed by atoms with Gasteiger partial charge in [-0.25, -0.2) is 9.59 Å². The third kappa shape index (κ3) is 6.51. The number of hydrogen-bond donors (Lipinski definition) is 0. The number of carbonyl (C=O) groups excluding carboxylic acids is 4. The number of fused-ring (bicyclic) bond motifs is 2. The molecule has 0 aliphatic heterocycles. The first-order valence-electron chi connectivity index (χ1n) is 15.8. The number of hydrogen-bond acceptors (Lipinski definition) is 6. The molecule has 228 valence electrons. The first kappa shape index (κ1) is 30.2. The van der Waals surface area contributed by atoms with Crippen molar-refractivity contribution in [3.8, 4) is 0 Å². The molecule has 6 heteroatoms. The smallest absolute Gasteiger partial charge is 0.338 e. The molecular weight excluding hydrogens is 564 g/mol. The minimum Gasteiger partial charge on any atom is -0.458 e. The van der Waals surface area contributed by atoms with Gasteiger partial charge in [0.15, 0.2) is 17.7 Å². The van der Waals surface area contributed by atoms with Crippen LogP contribution in [0.25, 0.3) is 0 Å². The highest BCUT2D eigenvalue weighted by Gasteiger charge is 2.30. The van der Waals surface area contributed by atoms with E-state index >= 15 is 0 Å². The lowest BCUT2D eigenvalue weighted by Gasteiger charge is -2.28. The molecular formula is C39H36O6. The van der Waals surface area contributed by atoms with Crippen molar-refractivity contribution < 1.29 is 28.7 Å². The van der Waals surface area contributed by atoms with E-state index < -0.39 is 18.0 Å². The molecule has 0 radical (unpaired) electrons. The molecule has 1 saturated carbocycles. The summed E-state index contributed by atoms with van der Waals surface area (Å²) >= 11 is 0. The van der Waals surface area contributed by atoms with Gasteiger partial charge in [-0.3, -0.25) is 9.59 Å². The van der Waals surface area contributed by atoms with Crippen molar-refractivity contribution in [2.75, 3.05) is 6.61 Å². The Hall–Kier alpha value is -4.84. The van der Waals surface area contributed by atoms with Crippen LogP contribution < -0.4 is 0 Å². The van der Waals surface area contributed by atoms with E-state index in [1.54, 1.807) is 24.3 Å². The summed E-state index contributed by atoms with van der Waals surface area (Å²) < 4.78 is 11.5. The van der Waals surface area contributed by atoms with Gasteiger partial charge in [0, 0.05) is 22.3 Å². The lowest BCUT2D eigenvalue weighted by atomic mass is 9.77. The monoisotopic (exact) mass is 600 g/mol. The second-order valence-electron chi connectivity index (χ2n) is 12.0. The first-order valence-corrected chi connectivity index (χ1v) is 15.8. The largest absolute Gasteiger partial charge is 0.458 e. The molecule has 1 unspecified atom stereocenters. The van der Waals surface area contributed by atoms with Crippen molar-refractivity contribution in [3.05, 3.63) is 142 Å². The molecule has 45 heavy (non-hydrogen) atoms. The molecule has 2 aliphatic rings. The number of carbonyl (C=O) groups is 4. The van der Waals surface area contributed by atoms with E-state index in [0.29, 0.717) is 28.2 Å². The van der Waals surface area contributed by atoms with Gasteiger partial charge in [-0.05, 0) is 79.0 Å². The summed E-state index contributed by atoms with van der Waals surface area (Å²) in [6.07, 6.45) is 6.57. The number of ketones is 2. The van der Waals surface area contributed by atoms with Gasteiger partial charge in [0.1, 0.15) is 6.61 Å².